The molecule has 0 saturated carbocycles. The first-order valence-electron chi connectivity index (χ1n) is 6.48. The molecular formula is C16H14Cl3NOS. The van der Waals surface area contributed by atoms with Gasteiger partial charge < -0.3 is 4.84 Å². The maximum atomic E-state index is 6.23. The van der Waals surface area contributed by atoms with Crippen molar-refractivity contribution < 1.29 is 4.84 Å². The molecule has 2 nitrogen and oxygen atoms in total. The minimum atomic E-state index is 0.557. The third-order valence-electron chi connectivity index (χ3n) is 2.90. The Morgan fingerprint density at radius 3 is 2.55 bits per heavy atom. The second kappa shape index (κ2) is 8.68. The fraction of sp³-hybridized carbons (Fsp3) is 0.188. The molecule has 0 heterocycles. The number of oxime groups is 1. The molecule has 0 fully saturated rings. The van der Waals surface area contributed by atoms with E-state index in [4.69, 9.17) is 39.6 Å². The van der Waals surface area contributed by atoms with Gasteiger partial charge in [0.1, 0.15) is 7.11 Å². The van der Waals surface area contributed by atoms with Crippen molar-refractivity contribution in [3.63, 3.8) is 0 Å². The van der Waals surface area contributed by atoms with Gasteiger partial charge in [-0.15, -0.1) is 0 Å². The van der Waals surface area contributed by atoms with Crippen molar-refractivity contribution in [3.8, 4) is 0 Å². The molecule has 0 aromatic heterocycles. The van der Waals surface area contributed by atoms with E-state index in [1.54, 1.807) is 23.9 Å². The summed E-state index contributed by atoms with van der Waals surface area (Å²) >= 11 is 20.0. The zero-order valence-electron chi connectivity index (χ0n) is 11.9. The van der Waals surface area contributed by atoms with Gasteiger partial charge in [-0.25, -0.2) is 0 Å². The van der Waals surface area contributed by atoms with Crippen molar-refractivity contribution in [3.05, 3.63) is 68.7 Å². The molecule has 2 aromatic carbocycles. The highest BCUT2D eigenvalue weighted by molar-refractivity contribution is 7.99. The Morgan fingerprint density at radius 1 is 1.09 bits per heavy atom. The van der Waals surface area contributed by atoms with Crippen LogP contribution in [0.1, 0.15) is 11.1 Å². The van der Waals surface area contributed by atoms with Crippen molar-refractivity contribution in [2.24, 2.45) is 5.16 Å². The van der Waals surface area contributed by atoms with Crippen LogP contribution in [0.5, 0.6) is 0 Å². The van der Waals surface area contributed by atoms with Crippen LogP contribution in [0.25, 0.3) is 0 Å². The first-order valence-corrected chi connectivity index (χ1v) is 8.77. The summed E-state index contributed by atoms with van der Waals surface area (Å²) in [5.41, 5.74) is 2.67. The molecule has 22 heavy (non-hydrogen) atoms. The molecule has 0 unspecified atom stereocenters. The lowest BCUT2D eigenvalue weighted by Crippen LogP contribution is -2.06. The highest BCUT2D eigenvalue weighted by Crippen LogP contribution is 2.25. The Bertz CT molecular complexity index is 676. The van der Waals surface area contributed by atoms with E-state index in [2.05, 4.69) is 5.16 Å². The van der Waals surface area contributed by atoms with Crippen LogP contribution in [0.4, 0.5) is 0 Å². The van der Waals surface area contributed by atoms with Crippen LogP contribution in [0.3, 0.4) is 0 Å². The molecule has 0 amide bonds. The third kappa shape index (κ3) is 4.82. The monoisotopic (exact) mass is 373 g/mol. The number of rotatable bonds is 6. The fourth-order valence-corrected chi connectivity index (χ4v) is 3.63. The standard InChI is InChI=1S/C16H14Cl3NOS/c1-21-20-16(13-7-6-12(17)8-15(13)19)10-22-9-11-4-2-3-5-14(11)18/h2-8H,9-10H2,1H3/b20-16+. The van der Waals surface area contributed by atoms with Crippen LogP contribution < -0.4 is 0 Å². The van der Waals surface area contributed by atoms with Crippen LogP contribution >= 0.6 is 46.6 Å². The molecular weight excluding hydrogens is 361 g/mol. The number of halogens is 3. The smallest absolute Gasteiger partial charge is 0.106 e. The van der Waals surface area contributed by atoms with Crippen LogP contribution in [0.15, 0.2) is 47.6 Å². The van der Waals surface area contributed by atoms with E-state index in [0.717, 1.165) is 27.6 Å². The van der Waals surface area contributed by atoms with E-state index in [-0.39, 0.29) is 0 Å². The number of hydrogen-bond donors (Lipinski definition) is 0. The summed E-state index contributed by atoms with van der Waals surface area (Å²) in [5.74, 6) is 1.44. The summed E-state index contributed by atoms with van der Waals surface area (Å²) in [5, 5.41) is 5.99. The van der Waals surface area contributed by atoms with Gasteiger partial charge in [0.15, 0.2) is 0 Å². The summed E-state index contributed by atoms with van der Waals surface area (Å²) < 4.78 is 0. The number of benzene rings is 2. The average molecular weight is 375 g/mol. The quantitative estimate of drug-likeness (QED) is 0.461. The molecule has 0 atom stereocenters. The highest BCUT2D eigenvalue weighted by atomic mass is 35.5. The summed E-state index contributed by atoms with van der Waals surface area (Å²) in [6.07, 6.45) is 0. The summed E-state index contributed by atoms with van der Waals surface area (Å²) in [6.45, 7) is 0. The molecule has 0 radical (unpaired) electrons. The van der Waals surface area contributed by atoms with E-state index >= 15 is 0 Å². The predicted octanol–water partition coefficient (Wildman–Crippen LogP) is 5.93. The highest BCUT2D eigenvalue weighted by Gasteiger charge is 2.11. The maximum absolute atomic E-state index is 6.23. The first-order chi connectivity index (χ1) is 10.6. The second-order valence-electron chi connectivity index (χ2n) is 4.43. The van der Waals surface area contributed by atoms with Crippen LogP contribution in [0, 0.1) is 0 Å². The topological polar surface area (TPSA) is 21.6 Å². The molecule has 2 aromatic rings. The Hall–Kier alpha value is -0.870. The zero-order chi connectivity index (χ0) is 15.9. The van der Waals surface area contributed by atoms with E-state index in [0.29, 0.717) is 15.8 Å². The van der Waals surface area contributed by atoms with Gasteiger partial charge in [-0.2, -0.15) is 11.8 Å². The van der Waals surface area contributed by atoms with Gasteiger partial charge >= 0.3 is 0 Å². The predicted molar refractivity (Wildman–Crippen MR) is 97.6 cm³/mol. The van der Waals surface area contributed by atoms with E-state index in [1.807, 2.05) is 30.3 Å². The molecule has 6 heteroatoms. The van der Waals surface area contributed by atoms with Crippen molar-refractivity contribution in [1.29, 1.82) is 0 Å². The SMILES string of the molecule is CO/N=C(\CSCc1ccccc1Cl)c1ccc(Cl)cc1Cl. The molecule has 116 valence electrons. The van der Waals surface area contributed by atoms with Crippen molar-refractivity contribution in [2.75, 3.05) is 12.9 Å². The lowest BCUT2D eigenvalue weighted by molar-refractivity contribution is 0.213. The van der Waals surface area contributed by atoms with Gasteiger partial charge in [-0.3, -0.25) is 0 Å². The zero-order valence-corrected chi connectivity index (χ0v) is 14.9. The number of thioether (sulfide) groups is 1. The van der Waals surface area contributed by atoms with Crippen molar-refractivity contribution in [2.45, 2.75) is 5.75 Å². The number of hydrogen-bond acceptors (Lipinski definition) is 3. The lowest BCUT2D eigenvalue weighted by atomic mass is 10.1. The lowest BCUT2D eigenvalue weighted by Gasteiger charge is -2.09. The van der Waals surface area contributed by atoms with E-state index in [9.17, 15) is 0 Å². The van der Waals surface area contributed by atoms with E-state index in [1.165, 1.54) is 7.11 Å². The van der Waals surface area contributed by atoms with Crippen molar-refractivity contribution >= 4 is 52.3 Å². The van der Waals surface area contributed by atoms with Gasteiger partial charge in [0.05, 0.1) is 10.7 Å². The van der Waals surface area contributed by atoms with Crippen LogP contribution in [0.2, 0.25) is 15.1 Å². The van der Waals surface area contributed by atoms with E-state index < -0.39 is 0 Å². The van der Waals surface area contributed by atoms with Crippen LogP contribution in [-0.4, -0.2) is 18.6 Å². The largest absolute Gasteiger partial charge is 0.399 e. The van der Waals surface area contributed by atoms with Gasteiger partial charge in [0, 0.05) is 27.1 Å². The Morgan fingerprint density at radius 2 is 1.86 bits per heavy atom. The Balaban J connectivity index is 2.07. The minimum absolute atomic E-state index is 0.557. The molecule has 0 aliphatic rings. The summed E-state index contributed by atoms with van der Waals surface area (Å²) in [4.78, 5) is 4.93. The molecule has 0 aliphatic carbocycles. The summed E-state index contributed by atoms with van der Waals surface area (Å²) in [7, 11) is 1.52. The van der Waals surface area contributed by atoms with Gasteiger partial charge in [0.2, 0.25) is 0 Å². The average Bonchev–Trinajstić information content (AvgIpc) is 2.48. The van der Waals surface area contributed by atoms with Gasteiger partial charge in [-0.05, 0) is 23.8 Å². The number of nitrogens with zero attached hydrogens (tertiary/aromatic N) is 1. The summed E-state index contributed by atoms with van der Waals surface area (Å²) in [6, 6.07) is 13.1. The molecule has 2 rings (SSSR count). The van der Waals surface area contributed by atoms with Gasteiger partial charge in [0.25, 0.3) is 0 Å². The molecule has 0 spiro atoms. The van der Waals surface area contributed by atoms with Crippen LogP contribution in [-0.2, 0) is 10.6 Å². The maximum Gasteiger partial charge on any atom is 0.106 e. The fourth-order valence-electron chi connectivity index (χ4n) is 1.86. The van der Waals surface area contributed by atoms with Crippen molar-refractivity contribution in [1.82, 2.24) is 0 Å². The first kappa shape index (κ1) is 17.5. The van der Waals surface area contributed by atoms with Gasteiger partial charge in [-0.1, -0.05) is 64.2 Å². The second-order valence-corrected chi connectivity index (χ2v) is 6.67. The Labute approximate surface area is 149 Å². The minimum Gasteiger partial charge on any atom is -0.399 e. The normalized spacial score (nSPS) is 11.5. The molecule has 0 bridgehead atoms. The Kier molecular flexibility index (Phi) is 6.90. The molecule has 0 saturated heterocycles. The molecule has 0 N–H and O–H groups in total. The third-order valence-corrected chi connectivity index (χ3v) is 4.81. The molecule has 0 aliphatic heterocycles.